The van der Waals surface area contributed by atoms with Crippen LogP contribution in [0.25, 0.3) is 0 Å². The van der Waals surface area contributed by atoms with Gasteiger partial charge in [-0.05, 0) is 37.8 Å². The summed E-state index contributed by atoms with van der Waals surface area (Å²) in [5.74, 6) is 0.973. The third-order valence-corrected chi connectivity index (χ3v) is 2.92. The van der Waals surface area contributed by atoms with Crippen molar-refractivity contribution in [3.63, 3.8) is 0 Å². The summed E-state index contributed by atoms with van der Waals surface area (Å²) in [5.41, 5.74) is 0. The maximum absolute atomic E-state index is 11.5. The summed E-state index contributed by atoms with van der Waals surface area (Å²) < 4.78 is 0. The van der Waals surface area contributed by atoms with Crippen LogP contribution in [0.2, 0.25) is 5.28 Å². The van der Waals surface area contributed by atoms with Gasteiger partial charge < -0.3 is 16.0 Å². The van der Waals surface area contributed by atoms with E-state index in [0.29, 0.717) is 37.4 Å². The molecule has 1 amide bonds. The summed E-state index contributed by atoms with van der Waals surface area (Å²) in [6.07, 6.45) is 3.45. The van der Waals surface area contributed by atoms with Crippen LogP contribution in [-0.4, -0.2) is 40.0 Å². The molecule has 1 aromatic heterocycles. The Morgan fingerprint density at radius 1 is 1.25 bits per heavy atom. The molecule has 2 rings (SSSR count). The summed E-state index contributed by atoms with van der Waals surface area (Å²) in [6, 6.07) is 0.417. The van der Waals surface area contributed by atoms with Crippen LogP contribution < -0.4 is 16.0 Å². The van der Waals surface area contributed by atoms with E-state index in [4.69, 9.17) is 11.6 Å². The Balaban J connectivity index is 1.71. The largest absolute Gasteiger partial charge is 0.354 e. The van der Waals surface area contributed by atoms with Crippen LogP contribution in [0.15, 0.2) is 0 Å². The Morgan fingerprint density at radius 2 is 1.95 bits per heavy atom. The number of anilines is 2. The van der Waals surface area contributed by atoms with Crippen LogP contribution in [-0.2, 0) is 4.79 Å². The molecule has 20 heavy (non-hydrogen) atoms. The van der Waals surface area contributed by atoms with Crippen molar-refractivity contribution in [1.82, 2.24) is 20.3 Å². The monoisotopic (exact) mass is 298 g/mol. The van der Waals surface area contributed by atoms with Gasteiger partial charge in [-0.2, -0.15) is 15.0 Å². The molecule has 0 aliphatic heterocycles. The SMILES string of the molecule is CCNc1nc(Cl)nc(NCCCC(=O)NC2CC2)n1. The van der Waals surface area contributed by atoms with Crippen LogP contribution >= 0.6 is 11.6 Å². The molecule has 1 fully saturated rings. The van der Waals surface area contributed by atoms with Crippen molar-refractivity contribution in [2.45, 2.75) is 38.6 Å². The number of hydrogen-bond acceptors (Lipinski definition) is 6. The number of nitrogens with zero attached hydrogens (tertiary/aromatic N) is 3. The minimum atomic E-state index is 0.108. The van der Waals surface area contributed by atoms with Crippen LogP contribution in [0, 0.1) is 0 Å². The number of rotatable bonds is 8. The van der Waals surface area contributed by atoms with E-state index in [0.717, 1.165) is 19.3 Å². The zero-order chi connectivity index (χ0) is 14.4. The van der Waals surface area contributed by atoms with Gasteiger partial charge in [0.2, 0.25) is 23.1 Å². The highest BCUT2D eigenvalue weighted by Gasteiger charge is 2.22. The van der Waals surface area contributed by atoms with Crippen molar-refractivity contribution in [2.75, 3.05) is 23.7 Å². The lowest BCUT2D eigenvalue weighted by Crippen LogP contribution is -2.25. The number of aromatic nitrogens is 3. The first-order valence-corrected chi connectivity index (χ1v) is 7.24. The fraction of sp³-hybridized carbons (Fsp3) is 0.667. The summed E-state index contributed by atoms with van der Waals surface area (Å²) in [6.45, 7) is 3.27. The predicted molar refractivity (Wildman–Crippen MR) is 77.9 cm³/mol. The molecule has 1 heterocycles. The van der Waals surface area contributed by atoms with Crippen LogP contribution in [0.3, 0.4) is 0 Å². The first-order valence-electron chi connectivity index (χ1n) is 6.86. The number of halogens is 1. The molecule has 1 saturated carbocycles. The van der Waals surface area contributed by atoms with Crippen molar-refractivity contribution in [1.29, 1.82) is 0 Å². The van der Waals surface area contributed by atoms with Gasteiger partial charge in [-0.1, -0.05) is 0 Å². The van der Waals surface area contributed by atoms with E-state index in [1.807, 2.05) is 6.92 Å². The molecule has 110 valence electrons. The molecule has 1 aliphatic rings. The summed E-state index contributed by atoms with van der Waals surface area (Å²) in [4.78, 5) is 23.6. The molecule has 7 nitrogen and oxygen atoms in total. The lowest BCUT2D eigenvalue weighted by molar-refractivity contribution is -0.121. The van der Waals surface area contributed by atoms with E-state index >= 15 is 0 Å². The molecule has 0 unspecified atom stereocenters. The molecule has 0 aromatic carbocycles. The highest BCUT2D eigenvalue weighted by atomic mass is 35.5. The van der Waals surface area contributed by atoms with E-state index in [2.05, 4.69) is 30.9 Å². The minimum absolute atomic E-state index is 0.108. The van der Waals surface area contributed by atoms with Crippen molar-refractivity contribution in [3.8, 4) is 0 Å². The van der Waals surface area contributed by atoms with Gasteiger partial charge in [-0.3, -0.25) is 4.79 Å². The molecule has 0 spiro atoms. The second-order valence-electron chi connectivity index (χ2n) is 4.65. The second kappa shape index (κ2) is 7.23. The van der Waals surface area contributed by atoms with Crippen LogP contribution in [0.5, 0.6) is 0 Å². The van der Waals surface area contributed by atoms with Crippen molar-refractivity contribution < 1.29 is 4.79 Å². The number of carbonyl (C=O) groups excluding carboxylic acids is 1. The van der Waals surface area contributed by atoms with Gasteiger partial charge in [0.25, 0.3) is 0 Å². The lowest BCUT2D eigenvalue weighted by atomic mass is 10.3. The highest BCUT2D eigenvalue weighted by Crippen LogP contribution is 2.18. The first kappa shape index (κ1) is 14.8. The minimum Gasteiger partial charge on any atom is -0.354 e. The van der Waals surface area contributed by atoms with E-state index in [-0.39, 0.29) is 11.2 Å². The van der Waals surface area contributed by atoms with Crippen LogP contribution in [0.1, 0.15) is 32.6 Å². The van der Waals surface area contributed by atoms with Gasteiger partial charge >= 0.3 is 0 Å². The summed E-state index contributed by atoms with van der Waals surface area (Å²) in [7, 11) is 0. The fourth-order valence-electron chi connectivity index (χ4n) is 1.64. The maximum Gasteiger partial charge on any atom is 0.228 e. The zero-order valence-electron chi connectivity index (χ0n) is 11.4. The molecular formula is C12H19ClN6O. The van der Waals surface area contributed by atoms with Gasteiger partial charge in [-0.15, -0.1) is 0 Å². The molecule has 1 aliphatic carbocycles. The quantitative estimate of drug-likeness (QED) is 0.629. The smallest absolute Gasteiger partial charge is 0.228 e. The Bertz CT molecular complexity index is 465. The zero-order valence-corrected chi connectivity index (χ0v) is 12.2. The van der Waals surface area contributed by atoms with E-state index in [1.54, 1.807) is 0 Å². The topological polar surface area (TPSA) is 91.8 Å². The number of hydrogen-bond donors (Lipinski definition) is 3. The van der Waals surface area contributed by atoms with Gasteiger partial charge in [0.15, 0.2) is 0 Å². The summed E-state index contributed by atoms with van der Waals surface area (Å²) in [5, 5.41) is 9.11. The van der Waals surface area contributed by atoms with E-state index in [1.165, 1.54) is 0 Å². The number of carbonyl (C=O) groups is 1. The molecule has 1 aromatic rings. The Labute approximate surface area is 122 Å². The van der Waals surface area contributed by atoms with Gasteiger partial charge in [0, 0.05) is 25.6 Å². The van der Waals surface area contributed by atoms with Crippen molar-refractivity contribution in [2.24, 2.45) is 0 Å². The molecule has 0 saturated heterocycles. The Kier molecular flexibility index (Phi) is 5.34. The molecule has 0 atom stereocenters. The molecule has 0 radical (unpaired) electrons. The fourth-order valence-corrected chi connectivity index (χ4v) is 1.80. The standard InChI is InChI=1S/C12H19ClN6O/c1-2-14-11-17-10(13)18-12(19-11)15-7-3-4-9(20)16-8-5-6-8/h8H,2-7H2,1H3,(H,16,20)(H2,14,15,17,18,19). The molecule has 8 heteroatoms. The van der Waals surface area contributed by atoms with Gasteiger partial charge in [0.1, 0.15) is 0 Å². The first-order chi connectivity index (χ1) is 9.67. The predicted octanol–water partition coefficient (Wildman–Crippen LogP) is 1.43. The third-order valence-electron chi connectivity index (χ3n) is 2.75. The second-order valence-corrected chi connectivity index (χ2v) is 4.99. The molecule has 0 bridgehead atoms. The highest BCUT2D eigenvalue weighted by molar-refractivity contribution is 6.28. The number of amides is 1. The van der Waals surface area contributed by atoms with E-state index in [9.17, 15) is 4.79 Å². The summed E-state index contributed by atoms with van der Waals surface area (Å²) >= 11 is 5.81. The van der Waals surface area contributed by atoms with Gasteiger partial charge in [0.05, 0.1) is 0 Å². The Morgan fingerprint density at radius 3 is 2.60 bits per heavy atom. The normalized spacial score (nSPS) is 13.9. The lowest BCUT2D eigenvalue weighted by Gasteiger charge is -2.07. The van der Waals surface area contributed by atoms with Crippen LogP contribution in [0.4, 0.5) is 11.9 Å². The van der Waals surface area contributed by atoms with E-state index < -0.39 is 0 Å². The maximum atomic E-state index is 11.5. The number of nitrogens with one attached hydrogen (secondary N) is 3. The van der Waals surface area contributed by atoms with Crippen molar-refractivity contribution in [3.05, 3.63) is 5.28 Å². The molecular weight excluding hydrogens is 280 g/mol. The molecule has 3 N–H and O–H groups in total. The Hall–Kier alpha value is -1.63. The van der Waals surface area contributed by atoms with Crippen molar-refractivity contribution >= 4 is 29.4 Å². The van der Waals surface area contributed by atoms with Gasteiger partial charge in [-0.25, -0.2) is 0 Å². The average molecular weight is 299 g/mol. The average Bonchev–Trinajstić information content (AvgIpc) is 3.18. The third kappa shape index (κ3) is 5.16.